The molecule has 0 aliphatic carbocycles. The highest BCUT2D eigenvalue weighted by Crippen LogP contribution is 2.24. The molecule has 0 saturated carbocycles. The van der Waals surface area contributed by atoms with Crippen LogP contribution in [0.5, 0.6) is 0 Å². The van der Waals surface area contributed by atoms with Gasteiger partial charge in [0.2, 0.25) is 0 Å². The highest BCUT2D eigenvalue weighted by atomic mass is 35.5. The van der Waals surface area contributed by atoms with Crippen molar-refractivity contribution < 1.29 is 14.3 Å². The Morgan fingerprint density at radius 2 is 2.11 bits per heavy atom. The molecule has 0 unspecified atom stereocenters. The zero-order chi connectivity index (χ0) is 13.8. The van der Waals surface area contributed by atoms with Gasteiger partial charge in [-0.25, -0.2) is 0 Å². The zero-order valence-electron chi connectivity index (χ0n) is 10.5. The monoisotopic (exact) mass is 286 g/mol. The number of halogens is 1. The molecule has 0 spiro atoms. The van der Waals surface area contributed by atoms with Crippen LogP contribution < -0.4 is 0 Å². The summed E-state index contributed by atoms with van der Waals surface area (Å²) in [7, 11) is 0. The van der Waals surface area contributed by atoms with Gasteiger partial charge in [-0.15, -0.1) is 11.8 Å². The van der Waals surface area contributed by atoms with Gasteiger partial charge in [-0.05, 0) is 39.0 Å². The van der Waals surface area contributed by atoms with Crippen molar-refractivity contribution in [2.24, 2.45) is 0 Å². The third-order valence-electron chi connectivity index (χ3n) is 1.88. The van der Waals surface area contributed by atoms with E-state index in [1.807, 2.05) is 20.8 Å². The van der Waals surface area contributed by atoms with Gasteiger partial charge in [-0.3, -0.25) is 9.59 Å². The highest BCUT2D eigenvalue weighted by molar-refractivity contribution is 8.00. The SMILES string of the molecule is CC(C)(C)OC(=O)CSc1ccc(C=O)c(Cl)c1. The maximum atomic E-state index is 11.5. The van der Waals surface area contributed by atoms with Crippen LogP contribution >= 0.6 is 23.4 Å². The number of esters is 1. The van der Waals surface area contributed by atoms with Crippen molar-refractivity contribution in [2.75, 3.05) is 5.75 Å². The Morgan fingerprint density at radius 3 is 2.61 bits per heavy atom. The normalized spacial score (nSPS) is 11.1. The Hall–Kier alpha value is -1.00. The number of thioether (sulfide) groups is 1. The Kier molecular flexibility index (Phi) is 5.23. The van der Waals surface area contributed by atoms with Crippen LogP contribution in [0, 0.1) is 0 Å². The van der Waals surface area contributed by atoms with E-state index in [9.17, 15) is 9.59 Å². The number of rotatable bonds is 4. The summed E-state index contributed by atoms with van der Waals surface area (Å²) in [4.78, 5) is 22.9. The Bertz CT molecular complexity index is 452. The first-order chi connectivity index (χ1) is 8.31. The van der Waals surface area contributed by atoms with E-state index in [0.29, 0.717) is 16.9 Å². The third-order valence-corrected chi connectivity index (χ3v) is 3.17. The Morgan fingerprint density at radius 1 is 1.44 bits per heavy atom. The van der Waals surface area contributed by atoms with Crippen molar-refractivity contribution in [1.29, 1.82) is 0 Å². The molecule has 0 aromatic heterocycles. The van der Waals surface area contributed by atoms with Crippen molar-refractivity contribution in [3.8, 4) is 0 Å². The molecule has 0 atom stereocenters. The standard InChI is InChI=1S/C13H15ClO3S/c1-13(2,3)17-12(16)8-18-10-5-4-9(7-15)11(14)6-10/h4-7H,8H2,1-3H3. The second-order valence-electron chi connectivity index (χ2n) is 4.68. The van der Waals surface area contributed by atoms with E-state index in [0.717, 1.165) is 4.90 Å². The van der Waals surface area contributed by atoms with E-state index in [-0.39, 0.29) is 11.7 Å². The van der Waals surface area contributed by atoms with Gasteiger partial charge >= 0.3 is 5.97 Å². The van der Waals surface area contributed by atoms with E-state index in [1.54, 1.807) is 18.2 Å². The molecule has 0 aliphatic heterocycles. The molecule has 1 rings (SSSR count). The van der Waals surface area contributed by atoms with Crippen LogP contribution in [0.25, 0.3) is 0 Å². The summed E-state index contributed by atoms with van der Waals surface area (Å²) >= 11 is 7.22. The molecule has 1 aromatic rings. The molecule has 0 fully saturated rings. The largest absolute Gasteiger partial charge is 0.459 e. The first-order valence-electron chi connectivity index (χ1n) is 5.41. The predicted molar refractivity (Wildman–Crippen MR) is 73.4 cm³/mol. The Balaban J connectivity index is 2.56. The molecule has 0 aliphatic rings. The van der Waals surface area contributed by atoms with Crippen LogP contribution in [0.2, 0.25) is 5.02 Å². The van der Waals surface area contributed by atoms with Gasteiger partial charge in [0.15, 0.2) is 6.29 Å². The van der Waals surface area contributed by atoms with Gasteiger partial charge in [0.25, 0.3) is 0 Å². The molecular weight excluding hydrogens is 272 g/mol. The number of hydrogen-bond donors (Lipinski definition) is 0. The predicted octanol–water partition coefficient (Wildman–Crippen LogP) is 3.59. The molecule has 3 nitrogen and oxygen atoms in total. The summed E-state index contributed by atoms with van der Waals surface area (Å²) in [5.74, 6) is -0.0586. The van der Waals surface area contributed by atoms with E-state index in [4.69, 9.17) is 16.3 Å². The minimum atomic E-state index is -0.476. The molecule has 0 saturated heterocycles. The second kappa shape index (κ2) is 6.25. The highest BCUT2D eigenvalue weighted by Gasteiger charge is 2.16. The average molecular weight is 287 g/mol. The fourth-order valence-electron chi connectivity index (χ4n) is 1.21. The summed E-state index contributed by atoms with van der Waals surface area (Å²) in [5.41, 5.74) is -0.0327. The first kappa shape index (κ1) is 15.1. The molecule has 0 amide bonds. The zero-order valence-corrected chi connectivity index (χ0v) is 12.1. The molecule has 0 radical (unpaired) electrons. The molecule has 0 bridgehead atoms. The second-order valence-corrected chi connectivity index (χ2v) is 6.13. The number of aldehydes is 1. The molecule has 1 aromatic carbocycles. The average Bonchev–Trinajstić information content (AvgIpc) is 2.24. The van der Waals surface area contributed by atoms with Gasteiger partial charge in [-0.1, -0.05) is 11.6 Å². The first-order valence-corrected chi connectivity index (χ1v) is 6.77. The van der Waals surface area contributed by atoms with Gasteiger partial charge in [0, 0.05) is 10.5 Å². The van der Waals surface area contributed by atoms with E-state index >= 15 is 0 Å². The van der Waals surface area contributed by atoms with Gasteiger partial charge in [0.1, 0.15) is 5.60 Å². The van der Waals surface area contributed by atoms with Gasteiger partial charge < -0.3 is 4.74 Å². The summed E-state index contributed by atoms with van der Waals surface area (Å²) in [5, 5.41) is 0.388. The van der Waals surface area contributed by atoms with Crippen molar-refractivity contribution in [3.05, 3.63) is 28.8 Å². The van der Waals surface area contributed by atoms with Crippen LogP contribution in [-0.4, -0.2) is 23.6 Å². The van der Waals surface area contributed by atoms with Crippen LogP contribution in [0.15, 0.2) is 23.1 Å². The number of benzene rings is 1. The molecular formula is C13H15ClO3S. The van der Waals surface area contributed by atoms with Crippen LogP contribution in [0.4, 0.5) is 0 Å². The molecule has 18 heavy (non-hydrogen) atoms. The summed E-state index contributed by atoms with van der Waals surface area (Å²) < 4.78 is 5.19. The molecule has 98 valence electrons. The maximum Gasteiger partial charge on any atom is 0.316 e. The fraction of sp³-hybridized carbons (Fsp3) is 0.385. The lowest BCUT2D eigenvalue weighted by Crippen LogP contribution is -2.24. The fourth-order valence-corrected chi connectivity index (χ4v) is 2.21. The molecule has 0 N–H and O–H groups in total. The van der Waals surface area contributed by atoms with Crippen molar-refractivity contribution >= 4 is 35.6 Å². The van der Waals surface area contributed by atoms with Crippen molar-refractivity contribution in [1.82, 2.24) is 0 Å². The van der Waals surface area contributed by atoms with E-state index in [2.05, 4.69) is 0 Å². The lowest BCUT2D eigenvalue weighted by atomic mass is 10.2. The summed E-state index contributed by atoms with van der Waals surface area (Å²) in [6.45, 7) is 5.47. The number of carbonyl (C=O) groups excluding carboxylic acids is 2. The van der Waals surface area contributed by atoms with Crippen LogP contribution in [0.1, 0.15) is 31.1 Å². The smallest absolute Gasteiger partial charge is 0.316 e. The van der Waals surface area contributed by atoms with Crippen LogP contribution in [-0.2, 0) is 9.53 Å². The topological polar surface area (TPSA) is 43.4 Å². The lowest BCUT2D eigenvalue weighted by molar-refractivity contribution is -0.151. The van der Waals surface area contributed by atoms with Crippen molar-refractivity contribution in [2.45, 2.75) is 31.3 Å². The quantitative estimate of drug-likeness (QED) is 0.482. The van der Waals surface area contributed by atoms with Gasteiger partial charge in [-0.2, -0.15) is 0 Å². The molecule has 0 heterocycles. The number of hydrogen-bond acceptors (Lipinski definition) is 4. The summed E-state index contributed by atoms with van der Waals surface area (Å²) in [6.07, 6.45) is 0.699. The number of ether oxygens (including phenoxy) is 1. The number of carbonyl (C=O) groups is 2. The van der Waals surface area contributed by atoms with Crippen molar-refractivity contribution in [3.63, 3.8) is 0 Å². The maximum absolute atomic E-state index is 11.5. The Labute approximate surface area is 116 Å². The third kappa shape index (κ3) is 5.10. The minimum Gasteiger partial charge on any atom is -0.459 e. The van der Waals surface area contributed by atoms with Crippen LogP contribution in [0.3, 0.4) is 0 Å². The molecule has 5 heteroatoms. The van der Waals surface area contributed by atoms with Gasteiger partial charge in [0.05, 0.1) is 10.8 Å². The van der Waals surface area contributed by atoms with E-state index in [1.165, 1.54) is 11.8 Å². The minimum absolute atomic E-state index is 0.216. The van der Waals surface area contributed by atoms with E-state index < -0.39 is 5.60 Å². The summed E-state index contributed by atoms with van der Waals surface area (Å²) in [6, 6.07) is 5.05. The lowest BCUT2D eigenvalue weighted by Gasteiger charge is -2.19.